The normalized spacial score (nSPS) is 15.9. The summed E-state index contributed by atoms with van der Waals surface area (Å²) in [5, 5.41) is 3.64. The van der Waals surface area contributed by atoms with Gasteiger partial charge in [-0.05, 0) is 51.3 Å². The molecule has 1 N–H and O–H groups in total. The molecule has 1 saturated carbocycles. The van der Waals surface area contributed by atoms with E-state index in [2.05, 4.69) is 24.1 Å². The number of aryl methyl sites for hydroxylation is 1. The molecule has 1 fully saturated rings. The van der Waals surface area contributed by atoms with Gasteiger partial charge in [0.15, 0.2) is 0 Å². The summed E-state index contributed by atoms with van der Waals surface area (Å²) in [5.74, 6) is 0.0375. The Balaban J connectivity index is 1.96. The van der Waals surface area contributed by atoms with Gasteiger partial charge in [0, 0.05) is 22.8 Å². The summed E-state index contributed by atoms with van der Waals surface area (Å²) in [6.45, 7) is 6.73. The third-order valence-electron chi connectivity index (χ3n) is 4.24. The van der Waals surface area contributed by atoms with Crippen LogP contribution in [0.25, 0.3) is 0 Å². The van der Waals surface area contributed by atoms with Crippen molar-refractivity contribution in [1.82, 2.24) is 4.90 Å². The van der Waals surface area contributed by atoms with Gasteiger partial charge in [0.05, 0.1) is 6.54 Å². The van der Waals surface area contributed by atoms with Crippen molar-refractivity contribution in [2.45, 2.75) is 58.5 Å². The zero-order valence-corrected chi connectivity index (χ0v) is 13.9. The van der Waals surface area contributed by atoms with E-state index in [0.717, 1.165) is 11.3 Å². The van der Waals surface area contributed by atoms with Crippen LogP contribution < -0.4 is 5.32 Å². The lowest BCUT2D eigenvalue weighted by Crippen LogP contribution is -2.43. The lowest BCUT2D eigenvalue weighted by Gasteiger charge is -2.31. The number of carbonyl (C=O) groups excluding carboxylic acids is 1. The van der Waals surface area contributed by atoms with Crippen molar-refractivity contribution in [3.8, 4) is 0 Å². The first-order valence-corrected chi connectivity index (χ1v) is 8.17. The number of halogens is 1. The fourth-order valence-electron chi connectivity index (χ4n) is 3.01. The van der Waals surface area contributed by atoms with Crippen LogP contribution in [0, 0.1) is 6.92 Å². The molecule has 1 aromatic carbocycles. The van der Waals surface area contributed by atoms with E-state index in [1.165, 1.54) is 25.7 Å². The summed E-state index contributed by atoms with van der Waals surface area (Å²) in [5.41, 5.74) is 1.79. The summed E-state index contributed by atoms with van der Waals surface area (Å²) in [6, 6.07) is 6.57. The molecule has 4 heteroatoms. The highest BCUT2D eigenvalue weighted by molar-refractivity contribution is 6.31. The number of rotatable bonds is 5. The van der Waals surface area contributed by atoms with Gasteiger partial charge in [0.25, 0.3) is 0 Å². The zero-order valence-electron chi connectivity index (χ0n) is 13.2. The highest BCUT2D eigenvalue weighted by Gasteiger charge is 2.26. The molecule has 0 heterocycles. The van der Waals surface area contributed by atoms with Crippen LogP contribution in [-0.2, 0) is 4.79 Å². The number of hydrogen-bond donors (Lipinski definition) is 1. The number of carbonyl (C=O) groups is 1. The first kappa shape index (κ1) is 16.3. The molecule has 0 aliphatic heterocycles. The molecule has 21 heavy (non-hydrogen) atoms. The molecule has 0 saturated heterocycles. The standard InChI is InChI=1S/C17H25ClN2O/c1-12(2)20(15-6-4-5-7-15)11-17(21)19-14-9-8-13(3)16(18)10-14/h8-10,12,15H,4-7,11H2,1-3H3,(H,19,21). The van der Waals surface area contributed by atoms with Crippen LogP contribution in [-0.4, -0.2) is 29.4 Å². The minimum absolute atomic E-state index is 0.0375. The number of benzene rings is 1. The number of nitrogens with zero attached hydrogens (tertiary/aromatic N) is 1. The van der Waals surface area contributed by atoms with Crippen molar-refractivity contribution in [3.05, 3.63) is 28.8 Å². The third-order valence-corrected chi connectivity index (χ3v) is 4.65. The summed E-state index contributed by atoms with van der Waals surface area (Å²) in [4.78, 5) is 14.6. The fourth-order valence-corrected chi connectivity index (χ4v) is 3.19. The lowest BCUT2D eigenvalue weighted by atomic mass is 10.1. The second-order valence-electron chi connectivity index (χ2n) is 6.22. The Kier molecular flexibility index (Phi) is 5.65. The molecule has 116 valence electrons. The molecule has 0 spiro atoms. The van der Waals surface area contributed by atoms with Gasteiger partial charge < -0.3 is 5.32 Å². The summed E-state index contributed by atoms with van der Waals surface area (Å²) in [6.07, 6.45) is 4.98. The predicted molar refractivity (Wildman–Crippen MR) is 88.9 cm³/mol. The van der Waals surface area contributed by atoms with E-state index in [9.17, 15) is 4.79 Å². The molecule has 0 unspecified atom stereocenters. The largest absolute Gasteiger partial charge is 0.325 e. The first-order chi connectivity index (χ1) is 9.97. The zero-order chi connectivity index (χ0) is 15.4. The van der Waals surface area contributed by atoms with Crippen molar-refractivity contribution in [2.24, 2.45) is 0 Å². The van der Waals surface area contributed by atoms with Crippen LogP contribution in [0.5, 0.6) is 0 Å². The van der Waals surface area contributed by atoms with E-state index >= 15 is 0 Å². The monoisotopic (exact) mass is 308 g/mol. The molecule has 0 bridgehead atoms. The number of anilines is 1. The van der Waals surface area contributed by atoms with Gasteiger partial charge in [0.1, 0.15) is 0 Å². The first-order valence-electron chi connectivity index (χ1n) is 7.79. The average Bonchev–Trinajstić information content (AvgIpc) is 2.93. The van der Waals surface area contributed by atoms with Crippen molar-refractivity contribution >= 4 is 23.2 Å². The third kappa shape index (κ3) is 4.45. The van der Waals surface area contributed by atoms with Gasteiger partial charge in [-0.3, -0.25) is 9.69 Å². The maximum absolute atomic E-state index is 12.3. The number of amides is 1. The van der Waals surface area contributed by atoms with E-state index in [0.29, 0.717) is 23.7 Å². The van der Waals surface area contributed by atoms with E-state index < -0.39 is 0 Å². The Labute approximate surface area is 132 Å². The van der Waals surface area contributed by atoms with E-state index in [4.69, 9.17) is 11.6 Å². The second-order valence-corrected chi connectivity index (χ2v) is 6.62. The second kappa shape index (κ2) is 7.28. The Hall–Kier alpha value is -1.06. The van der Waals surface area contributed by atoms with Gasteiger partial charge in [-0.25, -0.2) is 0 Å². The highest BCUT2D eigenvalue weighted by Crippen LogP contribution is 2.25. The quantitative estimate of drug-likeness (QED) is 0.882. The van der Waals surface area contributed by atoms with Gasteiger partial charge in [-0.15, -0.1) is 0 Å². The maximum Gasteiger partial charge on any atom is 0.238 e. The maximum atomic E-state index is 12.3. The molecule has 3 nitrogen and oxygen atoms in total. The minimum atomic E-state index is 0.0375. The van der Waals surface area contributed by atoms with Crippen LogP contribution in [0.15, 0.2) is 18.2 Å². The molecule has 0 aromatic heterocycles. The topological polar surface area (TPSA) is 32.3 Å². The summed E-state index contributed by atoms with van der Waals surface area (Å²) in [7, 11) is 0. The highest BCUT2D eigenvalue weighted by atomic mass is 35.5. The molecule has 1 aliphatic carbocycles. The van der Waals surface area contributed by atoms with Crippen LogP contribution in [0.2, 0.25) is 5.02 Å². The molecule has 1 amide bonds. The van der Waals surface area contributed by atoms with Crippen LogP contribution in [0.4, 0.5) is 5.69 Å². The Bertz CT molecular complexity index is 496. The smallest absolute Gasteiger partial charge is 0.238 e. The van der Waals surface area contributed by atoms with Gasteiger partial charge in [-0.1, -0.05) is 30.5 Å². The van der Waals surface area contributed by atoms with Gasteiger partial charge in [-0.2, -0.15) is 0 Å². The van der Waals surface area contributed by atoms with E-state index in [-0.39, 0.29) is 5.91 Å². The van der Waals surface area contributed by atoms with Gasteiger partial charge >= 0.3 is 0 Å². The molecule has 2 rings (SSSR count). The van der Waals surface area contributed by atoms with E-state index in [1.54, 1.807) is 0 Å². The summed E-state index contributed by atoms with van der Waals surface area (Å²) >= 11 is 6.10. The molecular weight excluding hydrogens is 284 g/mol. The summed E-state index contributed by atoms with van der Waals surface area (Å²) < 4.78 is 0. The molecule has 0 atom stereocenters. The van der Waals surface area contributed by atoms with Crippen LogP contribution in [0.3, 0.4) is 0 Å². The Morgan fingerprint density at radius 2 is 2.05 bits per heavy atom. The fraction of sp³-hybridized carbons (Fsp3) is 0.588. The Morgan fingerprint density at radius 1 is 1.38 bits per heavy atom. The van der Waals surface area contributed by atoms with Crippen molar-refractivity contribution in [3.63, 3.8) is 0 Å². The molecule has 0 radical (unpaired) electrons. The van der Waals surface area contributed by atoms with E-state index in [1.807, 2.05) is 25.1 Å². The number of hydrogen-bond acceptors (Lipinski definition) is 2. The van der Waals surface area contributed by atoms with Crippen LogP contribution >= 0.6 is 11.6 Å². The SMILES string of the molecule is Cc1ccc(NC(=O)CN(C(C)C)C2CCCC2)cc1Cl. The Morgan fingerprint density at radius 3 is 2.62 bits per heavy atom. The molecule has 1 aromatic rings. The van der Waals surface area contributed by atoms with Crippen molar-refractivity contribution < 1.29 is 4.79 Å². The minimum Gasteiger partial charge on any atom is -0.325 e. The lowest BCUT2D eigenvalue weighted by molar-refractivity contribution is -0.118. The van der Waals surface area contributed by atoms with Crippen molar-refractivity contribution in [2.75, 3.05) is 11.9 Å². The molecule has 1 aliphatic rings. The predicted octanol–water partition coefficient (Wildman–Crippen LogP) is 4.24. The van der Waals surface area contributed by atoms with Gasteiger partial charge in [0.2, 0.25) is 5.91 Å². The average molecular weight is 309 g/mol. The number of nitrogens with one attached hydrogen (secondary N) is 1. The van der Waals surface area contributed by atoms with Crippen LogP contribution in [0.1, 0.15) is 45.1 Å². The molecular formula is C17H25ClN2O. The van der Waals surface area contributed by atoms with Crippen molar-refractivity contribution in [1.29, 1.82) is 0 Å².